The molecule has 2 aromatic carbocycles. The molecule has 3 aliphatic heterocycles. The van der Waals surface area contributed by atoms with Crippen LogP contribution >= 0.6 is 48.0 Å². The number of rotatable bonds is 8. The SMILES string of the molecule is O=C(OCc1ccccc1)N1CCN(CC(=O)N2CCSC2=S)CCN(C(=O)OCc2ccccc2)CCN(CC(=O)N2CCSC2=S)CC1. The smallest absolute Gasteiger partial charge is 0.410 e. The van der Waals surface area contributed by atoms with Crippen LogP contribution in [0.4, 0.5) is 9.59 Å². The van der Waals surface area contributed by atoms with Gasteiger partial charge in [-0.25, -0.2) is 9.59 Å². The van der Waals surface area contributed by atoms with Gasteiger partial charge in [-0.1, -0.05) is 109 Å². The van der Waals surface area contributed by atoms with Gasteiger partial charge in [-0.15, -0.1) is 0 Å². The molecule has 0 atom stereocenters. The fourth-order valence-electron chi connectivity index (χ4n) is 5.59. The normalized spacial score (nSPS) is 18.5. The largest absolute Gasteiger partial charge is 0.445 e. The van der Waals surface area contributed by atoms with Gasteiger partial charge < -0.3 is 19.3 Å². The number of benzene rings is 2. The third-order valence-electron chi connectivity index (χ3n) is 8.51. The highest BCUT2D eigenvalue weighted by Gasteiger charge is 2.30. The van der Waals surface area contributed by atoms with Crippen LogP contribution in [-0.4, -0.2) is 152 Å². The molecule has 3 heterocycles. The Morgan fingerprint density at radius 1 is 0.540 bits per heavy atom. The van der Waals surface area contributed by atoms with Gasteiger partial charge in [-0.2, -0.15) is 0 Å². The van der Waals surface area contributed by atoms with Crippen LogP contribution in [0.15, 0.2) is 60.7 Å². The summed E-state index contributed by atoms with van der Waals surface area (Å²) in [5, 5.41) is 0. The van der Waals surface area contributed by atoms with E-state index in [2.05, 4.69) is 0 Å². The van der Waals surface area contributed by atoms with Crippen LogP contribution < -0.4 is 0 Å². The zero-order valence-corrected chi connectivity index (χ0v) is 31.1. The van der Waals surface area contributed by atoms with Crippen molar-refractivity contribution < 1.29 is 28.7 Å². The molecule has 0 unspecified atom stereocenters. The van der Waals surface area contributed by atoms with Crippen molar-refractivity contribution >= 4 is 80.6 Å². The van der Waals surface area contributed by atoms with E-state index in [-0.39, 0.29) is 64.3 Å². The molecule has 3 fully saturated rings. The average molecular weight is 759 g/mol. The molecule has 12 nitrogen and oxygen atoms in total. The van der Waals surface area contributed by atoms with Crippen LogP contribution in [0.25, 0.3) is 0 Å². The molecule has 0 aliphatic carbocycles. The van der Waals surface area contributed by atoms with Crippen LogP contribution in [-0.2, 0) is 32.3 Å². The number of hydrogen-bond donors (Lipinski definition) is 0. The van der Waals surface area contributed by atoms with E-state index in [4.69, 9.17) is 33.9 Å². The van der Waals surface area contributed by atoms with Crippen LogP contribution in [0.5, 0.6) is 0 Å². The fourth-order valence-corrected chi connectivity index (χ4v) is 8.07. The molecule has 0 N–H and O–H groups in total. The van der Waals surface area contributed by atoms with Gasteiger partial charge in [0, 0.05) is 77.0 Å². The van der Waals surface area contributed by atoms with Crippen LogP contribution in [0, 0.1) is 0 Å². The van der Waals surface area contributed by atoms with Crippen molar-refractivity contribution in [1.82, 2.24) is 29.4 Å². The lowest BCUT2D eigenvalue weighted by Gasteiger charge is -2.34. The Kier molecular flexibility index (Phi) is 14.7. The maximum absolute atomic E-state index is 13.5. The Bertz CT molecular complexity index is 1380. The molecule has 0 bridgehead atoms. The minimum Gasteiger partial charge on any atom is -0.445 e. The van der Waals surface area contributed by atoms with E-state index in [9.17, 15) is 19.2 Å². The summed E-state index contributed by atoms with van der Waals surface area (Å²) in [4.78, 5) is 64.0. The number of hydrogen-bond acceptors (Lipinski definition) is 12. The number of thiocarbonyl (C=S) groups is 2. The van der Waals surface area contributed by atoms with Gasteiger partial charge in [0.15, 0.2) is 0 Å². The third-order valence-corrected chi connectivity index (χ3v) is 11.4. The summed E-state index contributed by atoms with van der Waals surface area (Å²) in [6.45, 7) is 4.00. The van der Waals surface area contributed by atoms with E-state index in [0.29, 0.717) is 47.9 Å². The second kappa shape index (κ2) is 19.4. The number of amides is 4. The Morgan fingerprint density at radius 3 is 1.22 bits per heavy atom. The van der Waals surface area contributed by atoms with E-state index in [1.807, 2.05) is 70.5 Å². The first kappa shape index (κ1) is 38.0. The summed E-state index contributed by atoms with van der Waals surface area (Å²) in [6, 6.07) is 18.9. The van der Waals surface area contributed by atoms with E-state index in [1.165, 1.54) is 23.5 Å². The Hall–Kier alpha value is -3.28. The van der Waals surface area contributed by atoms with Crippen molar-refractivity contribution in [2.45, 2.75) is 13.2 Å². The van der Waals surface area contributed by atoms with Gasteiger partial charge in [0.2, 0.25) is 11.8 Å². The maximum Gasteiger partial charge on any atom is 0.410 e. The van der Waals surface area contributed by atoms with Crippen molar-refractivity contribution in [2.24, 2.45) is 0 Å². The minimum absolute atomic E-state index is 0.0783. The molecule has 0 spiro atoms. The van der Waals surface area contributed by atoms with Crippen LogP contribution in [0.2, 0.25) is 0 Å². The topological polar surface area (TPSA) is 106 Å². The quantitative estimate of drug-likeness (QED) is 0.368. The molecule has 0 saturated carbocycles. The molecule has 5 rings (SSSR count). The lowest BCUT2D eigenvalue weighted by molar-refractivity contribution is -0.128. The predicted molar refractivity (Wildman–Crippen MR) is 203 cm³/mol. The highest BCUT2D eigenvalue weighted by molar-refractivity contribution is 8.23. The van der Waals surface area contributed by atoms with Crippen molar-refractivity contribution in [3.63, 3.8) is 0 Å². The first-order chi connectivity index (χ1) is 24.3. The van der Waals surface area contributed by atoms with Crippen molar-refractivity contribution in [2.75, 3.05) is 90.0 Å². The summed E-state index contributed by atoms with van der Waals surface area (Å²) in [5.41, 5.74) is 1.74. The molecular formula is C34H42N6O6S4. The van der Waals surface area contributed by atoms with E-state index < -0.39 is 12.2 Å². The molecule has 0 radical (unpaired) electrons. The highest BCUT2D eigenvalue weighted by atomic mass is 32.2. The number of carbonyl (C=O) groups excluding carboxylic acids is 4. The highest BCUT2D eigenvalue weighted by Crippen LogP contribution is 2.19. The summed E-state index contributed by atoms with van der Waals surface area (Å²) < 4.78 is 12.6. The van der Waals surface area contributed by atoms with Crippen molar-refractivity contribution in [3.8, 4) is 0 Å². The molecule has 16 heteroatoms. The average Bonchev–Trinajstić information content (AvgIpc) is 3.76. The molecule has 4 amide bonds. The third kappa shape index (κ3) is 11.4. The fraction of sp³-hybridized carbons (Fsp3) is 0.471. The van der Waals surface area contributed by atoms with Crippen LogP contribution in [0.1, 0.15) is 11.1 Å². The molecule has 2 aromatic rings. The summed E-state index contributed by atoms with van der Waals surface area (Å²) in [5.74, 6) is 1.28. The lowest BCUT2D eigenvalue weighted by Crippen LogP contribution is -2.51. The molecule has 3 saturated heterocycles. The maximum atomic E-state index is 13.5. The zero-order chi connectivity index (χ0) is 35.3. The first-order valence-corrected chi connectivity index (χ1v) is 19.4. The minimum atomic E-state index is -0.483. The van der Waals surface area contributed by atoms with Gasteiger partial charge in [0.25, 0.3) is 0 Å². The Balaban J connectivity index is 1.32. The van der Waals surface area contributed by atoms with E-state index >= 15 is 0 Å². The summed E-state index contributed by atoms with van der Waals surface area (Å²) in [7, 11) is 0. The number of nitrogens with zero attached hydrogens (tertiary/aromatic N) is 6. The standard InChI is InChI=1S/C34H42N6O6S4/c41-29(39-19-21-49-33(39)47)23-35-11-15-37(31(43)45-25-27-7-3-1-4-8-27)16-12-36(24-30(42)40-20-22-50-34(40)48)14-18-38(17-13-35)32(44)46-26-28-9-5-2-6-10-28/h1-10H,11-26H2. The van der Waals surface area contributed by atoms with Gasteiger partial charge in [0.05, 0.1) is 13.1 Å². The molecule has 50 heavy (non-hydrogen) atoms. The van der Waals surface area contributed by atoms with E-state index in [1.54, 1.807) is 19.6 Å². The molecule has 0 aromatic heterocycles. The Morgan fingerprint density at radius 2 is 0.900 bits per heavy atom. The van der Waals surface area contributed by atoms with Gasteiger partial charge in [0.1, 0.15) is 21.9 Å². The van der Waals surface area contributed by atoms with Gasteiger partial charge in [-0.05, 0) is 11.1 Å². The predicted octanol–water partition coefficient (Wildman–Crippen LogP) is 3.60. The summed E-state index contributed by atoms with van der Waals surface area (Å²) in [6.07, 6.45) is -0.965. The van der Waals surface area contributed by atoms with Crippen LogP contribution in [0.3, 0.4) is 0 Å². The second-order valence-electron chi connectivity index (χ2n) is 11.9. The van der Waals surface area contributed by atoms with Crippen molar-refractivity contribution in [1.29, 1.82) is 0 Å². The number of ether oxygens (including phenoxy) is 2. The number of carbonyl (C=O) groups is 4. The number of thioether (sulfide) groups is 2. The molecule has 268 valence electrons. The van der Waals surface area contributed by atoms with Gasteiger partial charge in [-0.3, -0.25) is 29.2 Å². The lowest BCUT2D eigenvalue weighted by atomic mass is 10.2. The Labute approximate surface area is 312 Å². The molecule has 3 aliphatic rings. The zero-order valence-electron chi connectivity index (χ0n) is 27.9. The second-order valence-corrected chi connectivity index (χ2v) is 15.4. The van der Waals surface area contributed by atoms with Crippen molar-refractivity contribution in [3.05, 3.63) is 71.8 Å². The first-order valence-electron chi connectivity index (χ1n) is 16.6. The van der Waals surface area contributed by atoms with E-state index in [0.717, 1.165) is 22.6 Å². The monoisotopic (exact) mass is 758 g/mol. The summed E-state index contributed by atoms with van der Waals surface area (Å²) >= 11 is 13.8. The molecular weight excluding hydrogens is 717 g/mol. The van der Waals surface area contributed by atoms with Gasteiger partial charge >= 0.3 is 12.2 Å².